The minimum absolute atomic E-state index is 0.367. The van der Waals surface area contributed by atoms with Gasteiger partial charge in [-0.1, -0.05) is 56.5 Å². The molecule has 0 aliphatic carbocycles. The largest absolute Gasteiger partial charge is 0.466 e. The van der Waals surface area contributed by atoms with E-state index in [0.29, 0.717) is 12.0 Å². The number of amides is 2. The topological polar surface area (TPSA) is 128 Å². The number of ether oxygens (including phenoxy) is 2. The number of carbonyl (C=O) groups is 4. The zero-order chi connectivity index (χ0) is 25.8. The van der Waals surface area contributed by atoms with Gasteiger partial charge in [0.2, 0.25) is 11.8 Å². The second kappa shape index (κ2) is 11.4. The number of hydrogen-bond acceptors (Lipinski definition) is 8. The molecule has 2 aliphatic rings. The number of hydrogen-bond donors (Lipinski definition) is 2. The highest BCUT2D eigenvalue weighted by atomic mass is 32.2. The van der Waals surface area contributed by atoms with Gasteiger partial charge in [0.05, 0.1) is 7.11 Å². The number of unbranched alkanes of at least 4 members (excludes halogenated alkanes) is 3. The predicted octanol–water partition coefficient (Wildman–Crippen LogP) is 2.29. The van der Waals surface area contributed by atoms with E-state index in [1.54, 1.807) is 24.3 Å². The zero-order valence-corrected chi connectivity index (χ0v) is 21.5. The van der Waals surface area contributed by atoms with E-state index in [1.807, 2.05) is 19.9 Å². The lowest BCUT2D eigenvalue weighted by Crippen LogP contribution is -2.71. The average Bonchev–Trinajstić information content (AvgIpc) is 3.11. The van der Waals surface area contributed by atoms with Gasteiger partial charge in [-0.15, -0.1) is 11.8 Å². The van der Waals surface area contributed by atoms with Crippen molar-refractivity contribution in [1.82, 2.24) is 10.2 Å². The van der Waals surface area contributed by atoms with Crippen LogP contribution in [0.25, 0.3) is 0 Å². The van der Waals surface area contributed by atoms with Crippen LogP contribution < -0.4 is 11.1 Å². The molecule has 0 aromatic heterocycles. The van der Waals surface area contributed by atoms with Crippen molar-refractivity contribution >= 4 is 35.5 Å². The highest BCUT2D eigenvalue weighted by Gasteiger charge is 2.64. The summed E-state index contributed by atoms with van der Waals surface area (Å²) in [7, 11) is 1.26. The first-order chi connectivity index (χ1) is 16.6. The SMILES string of the molecule is CCCCCCC(OC(=O)[C@@H]1N2C(=O)[C@@H](NC(=O)C(N)c3ccccc3)[C@H]2SC1(C)C)C(=O)OC. The van der Waals surface area contributed by atoms with Gasteiger partial charge in [-0.3, -0.25) is 9.59 Å². The molecular weight excluding hydrogens is 470 g/mol. The van der Waals surface area contributed by atoms with E-state index in [1.165, 1.54) is 23.8 Å². The first-order valence-corrected chi connectivity index (χ1v) is 12.9. The normalized spacial score (nSPS) is 24.1. The lowest BCUT2D eigenvalue weighted by atomic mass is 9.95. The van der Waals surface area contributed by atoms with Crippen LogP contribution in [-0.2, 0) is 28.7 Å². The molecule has 192 valence electrons. The molecule has 0 spiro atoms. The van der Waals surface area contributed by atoms with Crippen molar-refractivity contribution in [3.8, 4) is 0 Å². The van der Waals surface area contributed by atoms with Gasteiger partial charge in [-0.2, -0.15) is 0 Å². The van der Waals surface area contributed by atoms with E-state index >= 15 is 0 Å². The van der Waals surface area contributed by atoms with Gasteiger partial charge in [0.15, 0.2) is 6.10 Å². The number of nitrogens with zero attached hydrogens (tertiary/aromatic N) is 1. The highest BCUT2D eigenvalue weighted by molar-refractivity contribution is 8.01. The smallest absolute Gasteiger partial charge is 0.347 e. The maximum absolute atomic E-state index is 13.2. The van der Waals surface area contributed by atoms with Crippen LogP contribution >= 0.6 is 11.8 Å². The maximum atomic E-state index is 13.2. The Morgan fingerprint density at radius 1 is 1.17 bits per heavy atom. The Labute approximate surface area is 210 Å². The summed E-state index contributed by atoms with van der Waals surface area (Å²) in [5, 5.41) is 2.31. The molecule has 0 saturated carbocycles. The molecular formula is C25H35N3O6S. The number of esters is 2. The van der Waals surface area contributed by atoms with Crippen molar-refractivity contribution in [3.63, 3.8) is 0 Å². The Balaban J connectivity index is 1.66. The van der Waals surface area contributed by atoms with Crippen LogP contribution in [0.1, 0.15) is 64.5 Å². The van der Waals surface area contributed by atoms with Crippen molar-refractivity contribution in [1.29, 1.82) is 0 Å². The number of nitrogens with one attached hydrogen (secondary N) is 1. The lowest BCUT2D eigenvalue weighted by Gasteiger charge is -2.44. The molecule has 5 atom stereocenters. The van der Waals surface area contributed by atoms with Gasteiger partial charge in [0.25, 0.3) is 0 Å². The molecule has 0 radical (unpaired) electrons. The molecule has 9 nitrogen and oxygen atoms in total. The van der Waals surface area contributed by atoms with Gasteiger partial charge in [-0.25, -0.2) is 9.59 Å². The third kappa shape index (κ3) is 5.81. The van der Waals surface area contributed by atoms with Crippen LogP contribution in [-0.4, -0.2) is 64.1 Å². The number of methoxy groups -OCH3 is 1. The Morgan fingerprint density at radius 3 is 2.49 bits per heavy atom. The standard InChI is InChI=1S/C25H35N3O6S/c1-5-6-7-11-14-16(23(31)33-4)34-24(32)19-25(2,3)35-22-18(21(30)28(19)22)27-20(29)17(26)15-12-9-8-10-13-15/h8-10,12-13,16-19,22H,5-7,11,14,26H2,1-4H3,(H,27,29)/t16?,17?,18-,19+,22-/m1/s1. The number of thioether (sulfide) groups is 1. The average molecular weight is 506 g/mol. The first kappa shape index (κ1) is 27.0. The van der Waals surface area contributed by atoms with Crippen LogP contribution in [0.3, 0.4) is 0 Å². The third-order valence-electron chi connectivity index (χ3n) is 6.45. The molecule has 2 amide bonds. The van der Waals surface area contributed by atoms with Crippen LogP contribution in [0.5, 0.6) is 0 Å². The van der Waals surface area contributed by atoms with Gasteiger partial charge in [-0.05, 0) is 32.3 Å². The maximum Gasteiger partial charge on any atom is 0.347 e. The summed E-state index contributed by atoms with van der Waals surface area (Å²) in [6, 6.07) is 6.32. The second-order valence-corrected chi connectivity index (χ2v) is 11.2. The Morgan fingerprint density at radius 2 is 1.86 bits per heavy atom. The quantitative estimate of drug-likeness (QED) is 0.266. The van der Waals surface area contributed by atoms with Gasteiger partial charge in [0, 0.05) is 4.75 Å². The second-order valence-electron chi connectivity index (χ2n) is 9.43. The van der Waals surface area contributed by atoms with Crippen molar-refractivity contribution in [2.45, 2.75) is 87.2 Å². The van der Waals surface area contributed by atoms with Crippen LogP contribution in [0, 0.1) is 0 Å². The number of rotatable bonds is 11. The first-order valence-electron chi connectivity index (χ1n) is 12.0. The van der Waals surface area contributed by atoms with Crippen molar-refractivity contribution in [3.05, 3.63) is 35.9 Å². The Hall–Kier alpha value is -2.59. The third-order valence-corrected chi connectivity index (χ3v) is 8.02. The monoisotopic (exact) mass is 505 g/mol. The van der Waals surface area contributed by atoms with Gasteiger partial charge >= 0.3 is 11.9 Å². The van der Waals surface area contributed by atoms with Gasteiger partial charge < -0.3 is 25.4 Å². The fourth-order valence-electron chi connectivity index (χ4n) is 4.50. The zero-order valence-electron chi connectivity index (χ0n) is 20.7. The number of nitrogens with two attached hydrogens (primary N) is 1. The summed E-state index contributed by atoms with van der Waals surface area (Å²) < 4.78 is 9.74. The van der Waals surface area contributed by atoms with Crippen molar-refractivity contribution < 1.29 is 28.7 Å². The highest BCUT2D eigenvalue weighted by Crippen LogP contribution is 2.51. The summed E-state index contributed by atoms with van der Waals surface area (Å²) in [6.07, 6.45) is 3.07. The lowest BCUT2D eigenvalue weighted by molar-refractivity contribution is -0.175. The Kier molecular flexibility index (Phi) is 8.82. The van der Waals surface area contributed by atoms with E-state index in [0.717, 1.165) is 25.7 Å². The summed E-state index contributed by atoms with van der Waals surface area (Å²) in [5.41, 5.74) is 6.71. The molecule has 35 heavy (non-hydrogen) atoms. The molecule has 3 rings (SSSR count). The van der Waals surface area contributed by atoms with Crippen molar-refractivity contribution in [2.24, 2.45) is 5.73 Å². The number of β-lactam (4-membered cyclic amide) rings is 1. The van der Waals surface area contributed by atoms with Gasteiger partial charge in [0.1, 0.15) is 23.5 Å². The molecule has 1 aromatic rings. The Bertz CT molecular complexity index is 940. The summed E-state index contributed by atoms with van der Waals surface area (Å²) >= 11 is 1.41. The van der Waals surface area contributed by atoms with Crippen LogP contribution in [0.4, 0.5) is 0 Å². The summed E-state index contributed by atoms with van der Waals surface area (Å²) in [6.45, 7) is 5.78. The van der Waals surface area contributed by atoms with Crippen molar-refractivity contribution in [2.75, 3.05) is 7.11 Å². The summed E-state index contributed by atoms with van der Waals surface area (Å²) in [4.78, 5) is 52.6. The molecule has 0 bridgehead atoms. The minimum atomic E-state index is -1.01. The molecule has 2 unspecified atom stereocenters. The number of benzene rings is 1. The van der Waals surface area contributed by atoms with Crippen LogP contribution in [0.2, 0.25) is 0 Å². The molecule has 10 heteroatoms. The number of fused-ring (bicyclic) bond motifs is 1. The molecule has 2 aliphatic heterocycles. The molecule has 3 N–H and O–H groups in total. The van der Waals surface area contributed by atoms with E-state index < -0.39 is 52.2 Å². The minimum Gasteiger partial charge on any atom is -0.466 e. The summed E-state index contributed by atoms with van der Waals surface area (Å²) in [5.74, 6) is -2.09. The molecule has 2 heterocycles. The fraction of sp³-hybridized carbons (Fsp3) is 0.600. The predicted molar refractivity (Wildman–Crippen MR) is 132 cm³/mol. The molecule has 2 fully saturated rings. The fourth-order valence-corrected chi connectivity index (χ4v) is 6.12. The molecule has 1 aromatic carbocycles. The molecule has 2 saturated heterocycles. The van der Waals surface area contributed by atoms with E-state index in [4.69, 9.17) is 15.2 Å². The number of carbonyl (C=O) groups excluding carboxylic acids is 4. The van der Waals surface area contributed by atoms with E-state index in [9.17, 15) is 19.2 Å². The van der Waals surface area contributed by atoms with Crippen LogP contribution in [0.15, 0.2) is 30.3 Å². The van der Waals surface area contributed by atoms with E-state index in [-0.39, 0.29) is 5.91 Å². The van der Waals surface area contributed by atoms with E-state index in [2.05, 4.69) is 12.2 Å².